The van der Waals surface area contributed by atoms with Gasteiger partial charge in [0.2, 0.25) is 0 Å². The highest BCUT2D eigenvalue weighted by Crippen LogP contribution is 2.30. The first-order chi connectivity index (χ1) is 8.69. The van der Waals surface area contributed by atoms with Crippen LogP contribution in [0.5, 0.6) is 0 Å². The predicted octanol–water partition coefficient (Wildman–Crippen LogP) is 0.946. The van der Waals surface area contributed by atoms with E-state index in [9.17, 15) is 8.42 Å². The van der Waals surface area contributed by atoms with Crippen molar-refractivity contribution < 1.29 is 8.42 Å². The van der Waals surface area contributed by atoms with Crippen LogP contribution in [0, 0.1) is 0 Å². The van der Waals surface area contributed by atoms with Gasteiger partial charge < -0.3 is 0 Å². The van der Waals surface area contributed by atoms with Gasteiger partial charge in [0.05, 0.1) is 5.69 Å². The summed E-state index contributed by atoms with van der Waals surface area (Å²) in [5, 5.41) is 5.90. The van der Waals surface area contributed by atoms with Gasteiger partial charge in [-0.25, -0.2) is 10.1 Å². The Morgan fingerprint density at radius 2 is 2.11 bits per heavy atom. The van der Waals surface area contributed by atoms with E-state index in [0.29, 0.717) is 6.54 Å². The van der Waals surface area contributed by atoms with Crippen molar-refractivity contribution in [3.63, 3.8) is 0 Å². The molecule has 0 atom stereocenters. The van der Waals surface area contributed by atoms with E-state index in [2.05, 4.69) is 15.2 Å². The van der Waals surface area contributed by atoms with Crippen LogP contribution in [0.2, 0.25) is 0 Å². The lowest BCUT2D eigenvalue weighted by Gasteiger charge is -2.29. The summed E-state index contributed by atoms with van der Waals surface area (Å²) < 4.78 is 26.2. The third-order valence-electron chi connectivity index (χ3n) is 3.00. The van der Waals surface area contributed by atoms with Gasteiger partial charge in [-0.2, -0.15) is 13.5 Å². The van der Waals surface area contributed by atoms with Gasteiger partial charge in [0, 0.05) is 6.54 Å². The minimum Gasteiger partial charge on any atom is -0.263 e. The van der Waals surface area contributed by atoms with Crippen LogP contribution in [-0.2, 0) is 16.4 Å². The molecule has 0 spiro atoms. The molecule has 0 bridgehead atoms. The zero-order valence-corrected chi connectivity index (χ0v) is 10.4. The number of fused-ring (bicyclic) bond motifs is 1. The maximum atomic E-state index is 12.4. The van der Waals surface area contributed by atoms with E-state index in [0.717, 1.165) is 24.1 Å². The fourth-order valence-corrected chi connectivity index (χ4v) is 3.54. The predicted molar refractivity (Wildman–Crippen MR) is 65.7 cm³/mol. The van der Waals surface area contributed by atoms with Crippen LogP contribution in [0.4, 0.5) is 5.69 Å². The Morgan fingerprint density at radius 1 is 1.28 bits per heavy atom. The van der Waals surface area contributed by atoms with Crippen LogP contribution in [0.15, 0.2) is 35.7 Å². The van der Waals surface area contributed by atoms with Crippen molar-refractivity contribution in [1.82, 2.24) is 15.2 Å². The quantitative estimate of drug-likeness (QED) is 0.875. The average molecular weight is 264 g/mol. The fraction of sp³-hybridized carbons (Fsp3) is 0.273. The lowest BCUT2D eigenvalue weighted by molar-refractivity contribution is 0.578. The maximum absolute atomic E-state index is 12.4. The summed E-state index contributed by atoms with van der Waals surface area (Å²) in [5.74, 6) is 0. The largest absolute Gasteiger partial charge is 0.299 e. The number of hydrogen-bond donors (Lipinski definition) is 1. The van der Waals surface area contributed by atoms with Gasteiger partial charge in [0.1, 0.15) is 6.33 Å². The average Bonchev–Trinajstić information content (AvgIpc) is 2.92. The minimum absolute atomic E-state index is 0.112. The van der Waals surface area contributed by atoms with Gasteiger partial charge >= 0.3 is 0 Å². The molecule has 1 aliphatic heterocycles. The molecule has 0 radical (unpaired) electrons. The molecule has 0 saturated heterocycles. The number of sulfonamides is 1. The smallest absolute Gasteiger partial charge is 0.263 e. The Bertz CT molecular complexity index is 651. The molecule has 6 nitrogen and oxygen atoms in total. The van der Waals surface area contributed by atoms with E-state index < -0.39 is 10.0 Å². The van der Waals surface area contributed by atoms with Crippen molar-refractivity contribution >= 4 is 15.7 Å². The number of aromatic amines is 1. The van der Waals surface area contributed by atoms with Crippen LogP contribution < -0.4 is 4.31 Å². The third kappa shape index (κ3) is 1.67. The molecule has 1 N–H and O–H groups in total. The van der Waals surface area contributed by atoms with Gasteiger partial charge in [0.25, 0.3) is 15.2 Å². The topological polar surface area (TPSA) is 79.0 Å². The molecule has 18 heavy (non-hydrogen) atoms. The number of benzene rings is 1. The summed E-state index contributed by atoms with van der Waals surface area (Å²) in [5.41, 5.74) is 1.78. The molecule has 0 aliphatic carbocycles. The number of para-hydroxylation sites is 1. The molecule has 1 aliphatic rings. The Morgan fingerprint density at radius 3 is 2.89 bits per heavy atom. The van der Waals surface area contributed by atoms with Crippen molar-refractivity contribution in [2.75, 3.05) is 10.8 Å². The molecule has 1 aromatic carbocycles. The van der Waals surface area contributed by atoms with Crippen LogP contribution >= 0.6 is 0 Å². The van der Waals surface area contributed by atoms with Gasteiger partial charge in [-0.1, -0.05) is 18.2 Å². The highest BCUT2D eigenvalue weighted by molar-refractivity contribution is 7.92. The number of H-pyrrole nitrogens is 1. The van der Waals surface area contributed by atoms with Crippen molar-refractivity contribution in [3.05, 3.63) is 36.2 Å². The first-order valence-corrected chi connectivity index (χ1v) is 7.09. The highest BCUT2D eigenvalue weighted by Gasteiger charge is 2.30. The normalized spacial score (nSPS) is 15.4. The van der Waals surface area contributed by atoms with E-state index in [4.69, 9.17) is 0 Å². The molecule has 0 fully saturated rings. The zero-order chi connectivity index (χ0) is 12.6. The number of aryl methyl sites for hydroxylation is 1. The fourth-order valence-electron chi connectivity index (χ4n) is 2.17. The van der Waals surface area contributed by atoms with Gasteiger partial charge in [-0.15, -0.1) is 0 Å². The molecule has 1 aromatic heterocycles. The standard InChI is InChI=1S/C11H12N4O2S/c16-18(17,11-12-8-13-14-11)15-7-3-5-9-4-1-2-6-10(9)15/h1-2,4,6,8H,3,5,7H2,(H,12,13,14). The number of anilines is 1. The van der Waals surface area contributed by atoms with Crippen LogP contribution in [0.25, 0.3) is 0 Å². The molecule has 0 saturated carbocycles. The number of nitrogens with zero attached hydrogens (tertiary/aromatic N) is 3. The summed E-state index contributed by atoms with van der Waals surface area (Å²) in [6.07, 6.45) is 2.91. The van der Waals surface area contributed by atoms with Gasteiger partial charge in [-0.05, 0) is 24.5 Å². The van der Waals surface area contributed by atoms with Crippen molar-refractivity contribution in [2.24, 2.45) is 0 Å². The summed E-state index contributed by atoms with van der Waals surface area (Å²) in [4.78, 5) is 3.74. The van der Waals surface area contributed by atoms with Crippen molar-refractivity contribution in [2.45, 2.75) is 18.0 Å². The second-order valence-corrected chi connectivity index (χ2v) is 5.88. The molecule has 94 valence electrons. The van der Waals surface area contributed by atoms with Crippen LogP contribution in [0.1, 0.15) is 12.0 Å². The van der Waals surface area contributed by atoms with E-state index >= 15 is 0 Å². The van der Waals surface area contributed by atoms with Crippen molar-refractivity contribution in [3.8, 4) is 0 Å². The van der Waals surface area contributed by atoms with Crippen LogP contribution in [0.3, 0.4) is 0 Å². The SMILES string of the molecule is O=S(=O)(c1ncn[nH]1)N1CCCc2ccccc21. The Kier molecular flexibility index (Phi) is 2.55. The monoisotopic (exact) mass is 264 g/mol. The molecular formula is C11H12N4O2S. The Labute approximate surface area is 105 Å². The Hall–Kier alpha value is -1.89. The first kappa shape index (κ1) is 11.2. The van der Waals surface area contributed by atoms with Crippen molar-refractivity contribution in [1.29, 1.82) is 0 Å². The number of aromatic nitrogens is 3. The molecule has 0 amide bonds. The summed E-state index contributed by atoms with van der Waals surface area (Å²) in [6.45, 7) is 0.472. The second kappa shape index (κ2) is 4.09. The van der Waals surface area contributed by atoms with E-state index in [1.807, 2.05) is 24.3 Å². The molecule has 7 heteroatoms. The number of nitrogens with one attached hydrogen (secondary N) is 1. The number of rotatable bonds is 2. The molecule has 2 aromatic rings. The molecule has 3 rings (SSSR count). The number of hydrogen-bond acceptors (Lipinski definition) is 4. The van der Waals surface area contributed by atoms with E-state index in [-0.39, 0.29) is 5.16 Å². The zero-order valence-electron chi connectivity index (χ0n) is 9.57. The highest BCUT2D eigenvalue weighted by atomic mass is 32.2. The third-order valence-corrected chi connectivity index (χ3v) is 4.64. The molecule has 2 heterocycles. The van der Waals surface area contributed by atoms with Gasteiger partial charge in [0.15, 0.2) is 0 Å². The minimum atomic E-state index is -3.63. The maximum Gasteiger partial charge on any atom is 0.299 e. The lowest BCUT2D eigenvalue weighted by atomic mass is 10.0. The van der Waals surface area contributed by atoms with E-state index in [1.54, 1.807) is 0 Å². The van der Waals surface area contributed by atoms with E-state index in [1.165, 1.54) is 10.6 Å². The van der Waals surface area contributed by atoms with Crippen LogP contribution in [-0.4, -0.2) is 30.1 Å². The lowest BCUT2D eigenvalue weighted by Crippen LogP contribution is -2.36. The Balaban J connectivity index is 2.10. The summed E-state index contributed by atoms with van der Waals surface area (Å²) >= 11 is 0. The summed E-state index contributed by atoms with van der Waals surface area (Å²) in [7, 11) is -3.63. The van der Waals surface area contributed by atoms with Gasteiger partial charge in [-0.3, -0.25) is 4.31 Å². The molecule has 0 unspecified atom stereocenters. The second-order valence-electron chi connectivity index (χ2n) is 4.10. The molecular weight excluding hydrogens is 252 g/mol. The summed E-state index contributed by atoms with van der Waals surface area (Å²) in [6, 6.07) is 7.54. The first-order valence-electron chi connectivity index (χ1n) is 5.65.